The highest BCUT2D eigenvalue weighted by atomic mass is 79.9. The van der Waals surface area contributed by atoms with E-state index < -0.39 is 37.4 Å². The van der Waals surface area contributed by atoms with Gasteiger partial charge in [-0.15, -0.1) is 0 Å². The smallest absolute Gasteiger partial charge is 0.422 e. The highest BCUT2D eigenvalue weighted by molar-refractivity contribution is 9.10. The second-order valence-corrected chi connectivity index (χ2v) is 6.79. The Morgan fingerprint density at radius 2 is 2.04 bits per heavy atom. The molecule has 1 aromatic carbocycles. The van der Waals surface area contributed by atoms with Gasteiger partial charge in [0.1, 0.15) is 11.8 Å². The molecule has 2 rings (SSSR count). The highest BCUT2D eigenvalue weighted by Crippen LogP contribution is 2.25. The zero-order valence-electron chi connectivity index (χ0n) is 14.3. The molecule has 6 nitrogen and oxygen atoms in total. The summed E-state index contributed by atoms with van der Waals surface area (Å²) in [6, 6.07) is 3.25. The zero-order valence-corrected chi connectivity index (χ0v) is 15.9. The van der Waals surface area contributed by atoms with Crippen LogP contribution >= 0.6 is 15.9 Å². The average molecular weight is 475 g/mol. The Morgan fingerprint density at radius 3 is 2.68 bits per heavy atom. The van der Waals surface area contributed by atoms with E-state index in [1.54, 1.807) is 0 Å². The van der Waals surface area contributed by atoms with Crippen LogP contribution in [0.15, 0.2) is 22.7 Å². The van der Waals surface area contributed by atoms with E-state index in [-0.39, 0.29) is 30.8 Å². The van der Waals surface area contributed by atoms with Crippen molar-refractivity contribution in [2.75, 3.05) is 13.2 Å². The lowest BCUT2D eigenvalue weighted by molar-refractivity contribution is -0.162. The molecule has 1 aliphatic heterocycles. The number of ether oxygens (including phenoxy) is 2. The second kappa shape index (κ2) is 9.39. The minimum atomic E-state index is -4.67. The normalized spacial score (nSPS) is 17.0. The van der Waals surface area contributed by atoms with Crippen LogP contribution in [-0.4, -0.2) is 48.9 Å². The number of rotatable bonds is 6. The van der Waals surface area contributed by atoms with Crippen molar-refractivity contribution in [3.63, 3.8) is 0 Å². The Balaban J connectivity index is 1.99. The van der Waals surface area contributed by atoms with E-state index in [0.717, 1.165) is 4.90 Å². The van der Waals surface area contributed by atoms with Gasteiger partial charge in [0.25, 0.3) is 0 Å². The van der Waals surface area contributed by atoms with Crippen LogP contribution in [0.2, 0.25) is 0 Å². The molecule has 1 unspecified atom stereocenters. The summed E-state index contributed by atoms with van der Waals surface area (Å²) in [5, 5.41) is 2.48. The van der Waals surface area contributed by atoms with Crippen molar-refractivity contribution in [1.29, 1.82) is 0 Å². The number of carbonyl (C=O) groups excluding carboxylic acids is 2. The topological polar surface area (TPSA) is 67.9 Å². The molecule has 1 aliphatic rings. The van der Waals surface area contributed by atoms with E-state index >= 15 is 0 Å². The van der Waals surface area contributed by atoms with Gasteiger partial charge in [0, 0.05) is 23.1 Å². The molecule has 0 radical (unpaired) electrons. The minimum Gasteiger partial charge on any atom is -0.440 e. The number of amides is 2. The summed E-state index contributed by atoms with van der Waals surface area (Å²) in [6.45, 7) is -4.90. The molecular weight excluding hydrogens is 459 g/mol. The number of likely N-dealkylation sites (tertiary alicyclic amines) is 1. The monoisotopic (exact) mass is 474 g/mol. The first kappa shape index (κ1) is 22.2. The molecule has 156 valence electrons. The highest BCUT2D eigenvalue weighted by Gasteiger charge is 2.37. The quantitative estimate of drug-likeness (QED) is 0.636. The summed E-state index contributed by atoms with van der Waals surface area (Å²) in [4.78, 5) is 25.1. The van der Waals surface area contributed by atoms with Crippen molar-refractivity contribution < 1.29 is 41.0 Å². The van der Waals surface area contributed by atoms with Crippen molar-refractivity contribution in [2.24, 2.45) is 0 Å². The molecule has 12 heteroatoms. The van der Waals surface area contributed by atoms with Crippen molar-refractivity contribution >= 4 is 27.9 Å². The van der Waals surface area contributed by atoms with Crippen molar-refractivity contribution in [1.82, 2.24) is 10.2 Å². The molecule has 1 fully saturated rings. The van der Waals surface area contributed by atoms with Gasteiger partial charge < -0.3 is 14.8 Å². The number of hydrogen-bond acceptors (Lipinski definition) is 4. The van der Waals surface area contributed by atoms with E-state index in [1.807, 2.05) is 0 Å². The van der Waals surface area contributed by atoms with Gasteiger partial charge in [-0.3, -0.25) is 9.69 Å². The Labute approximate surface area is 165 Å². The molecule has 1 atom stereocenters. The summed E-state index contributed by atoms with van der Waals surface area (Å²) >= 11 is 3.18. The predicted octanol–water partition coefficient (Wildman–Crippen LogP) is 3.83. The Morgan fingerprint density at radius 1 is 1.32 bits per heavy atom. The number of halogens is 6. The van der Waals surface area contributed by atoms with Crippen LogP contribution in [0, 0.1) is 0 Å². The predicted molar refractivity (Wildman–Crippen MR) is 89.8 cm³/mol. The molecule has 28 heavy (non-hydrogen) atoms. The maximum atomic E-state index is 12.5. The Hall–Kier alpha value is -2.11. The SMILES string of the molecule is O=C(NCc1cc(Br)ccc1OC(F)F)C1CCCN1C(=O)OCC(F)(F)F. The lowest BCUT2D eigenvalue weighted by Gasteiger charge is -2.23. The molecule has 1 heterocycles. The Bertz CT molecular complexity index is 717. The standard InChI is InChI=1S/C16H16BrF5N2O4/c17-10-3-4-12(28-14(18)19)9(6-10)7-23-13(25)11-2-1-5-24(11)15(26)27-8-16(20,21)22/h3-4,6,11,14H,1-2,5,7-8H2,(H,23,25). The van der Waals surface area contributed by atoms with Gasteiger partial charge in [0.2, 0.25) is 5.91 Å². The summed E-state index contributed by atoms with van der Waals surface area (Å²) in [5.74, 6) is -0.768. The van der Waals surface area contributed by atoms with E-state index in [2.05, 4.69) is 30.7 Å². The van der Waals surface area contributed by atoms with Crippen molar-refractivity contribution in [2.45, 2.75) is 38.2 Å². The van der Waals surface area contributed by atoms with Gasteiger partial charge in [-0.05, 0) is 31.0 Å². The second-order valence-electron chi connectivity index (χ2n) is 5.87. The van der Waals surface area contributed by atoms with Crippen LogP contribution in [0.25, 0.3) is 0 Å². The number of alkyl halides is 5. The van der Waals surface area contributed by atoms with Gasteiger partial charge in [-0.25, -0.2) is 4.79 Å². The van der Waals surface area contributed by atoms with Crippen LogP contribution in [0.3, 0.4) is 0 Å². The molecule has 1 N–H and O–H groups in total. The molecule has 0 aliphatic carbocycles. The summed E-state index contributed by atoms with van der Waals surface area (Å²) in [6.07, 6.45) is -5.25. The molecule has 0 saturated carbocycles. The number of hydrogen-bond donors (Lipinski definition) is 1. The molecular formula is C16H16BrF5N2O4. The van der Waals surface area contributed by atoms with E-state index in [0.29, 0.717) is 10.9 Å². The number of carbonyl (C=O) groups is 2. The maximum Gasteiger partial charge on any atom is 0.422 e. The number of nitrogens with zero attached hydrogens (tertiary/aromatic N) is 1. The van der Waals surface area contributed by atoms with Gasteiger partial charge in [0.15, 0.2) is 6.61 Å². The van der Waals surface area contributed by atoms with E-state index in [9.17, 15) is 31.5 Å². The van der Waals surface area contributed by atoms with Gasteiger partial charge in [-0.1, -0.05) is 15.9 Å². The largest absolute Gasteiger partial charge is 0.440 e. The van der Waals surface area contributed by atoms with Crippen LogP contribution in [-0.2, 0) is 16.1 Å². The maximum absolute atomic E-state index is 12.5. The average Bonchev–Trinajstić information content (AvgIpc) is 3.08. The van der Waals surface area contributed by atoms with Crippen molar-refractivity contribution in [3.05, 3.63) is 28.2 Å². The van der Waals surface area contributed by atoms with E-state index in [1.165, 1.54) is 18.2 Å². The van der Waals surface area contributed by atoms with Crippen molar-refractivity contribution in [3.8, 4) is 5.75 Å². The molecule has 1 saturated heterocycles. The van der Waals surface area contributed by atoms with Gasteiger partial charge >= 0.3 is 18.9 Å². The molecule has 0 spiro atoms. The first-order chi connectivity index (χ1) is 13.1. The lowest BCUT2D eigenvalue weighted by atomic mass is 10.1. The fourth-order valence-corrected chi connectivity index (χ4v) is 3.09. The van der Waals surface area contributed by atoms with Gasteiger partial charge in [-0.2, -0.15) is 22.0 Å². The molecule has 2 amide bonds. The number of nitrogens with one attached hydrogen (secondary N) is 1. The molecule has 1 aromatic rings. The summed E-state index contributed by atoms with van der Waals surface area (Å²) in [5.41, 5.74) is 0.257. The molecule has 0 aromatic heterocycles. The fraction of sp³-hybridized carbons (Fsp3) is 0.500. The van der Waals surface area contributed by atoms with Crippen LogP contribution in [0.5, 0.6) is 5.75 Å². The zero-order chi connectivity index (χ0) is 20.9. The molecule has 0 bridgehead atoms. The van der Waals surface area contributed by atoms with E-state index in [4.69, 9.17) is 0 Å². The van der Waals surface area contributed by atoms with Crippen LogP contribution in [0.4, 0.5) is 26.7 Å². The van der Waals surface area contributed by atoms with Crippen LogP contribution in [0.1, 0.15) is 18.4 Å². The Kier molecular flexibility index (Phi) is 7.44. The first-order valence-corrected chi connectivity index (χ1v) is 8.87. The third-order valence-electron chi connectivity index (χ3n) is 3.84. The minimum absolute atomic E-state index is 0.0748. The third kappa shape index (κ3) is 6.50. The third-order valence-corrected chi connectivity index (χ3v) is 4.33. The first-order valence-electron chi connectivity index (χ1n) is 8.08. The van der Waals surface area contributed by atoms with Crippen LogP contribution < -0.4 is 10.1 Å². The van der Waals surface area contributed by atoms with Gasteiger partial charge in [0.05, 0.1) is 0 Å². The summed E-state index contributed by atoms with van der Waals surface area (Å²) < 4.78 is 70.7. The number of benzene rings is 1. The lowest BCUT2D eigenvalue weighted by Crippen LogP contribution is -2.46. The fourth-order valence-electron chi connectivity index (χ4n) is 2.68. The summed E-state index contributed by atoms with van der Waals surface area (Å²) in [7, 11) is 0.